The largest absolute Gasteiger partial charge is 0.486 e. The van der Waals surface area contributed by atoms with Gasteiger partial charge in [0.15, 0.2) is 11.5 Å². The van der Waals surface area contributed by atoms with Gasteiger partial charge in [0.25, 0.3) is 5.91 Å². The summed E-state index contributed by atoms with van der Waals surface area (Å²) in [4.78, 5) is 23.5. The van der Waals surface area contributed by atoms with Crippen molar-refractivity contribution in [1.29, 1.82) is 0 Å². The highest BCUT2D eigenvalue weighted by atomic mass is 35.5. The first kappa shape index (κ1) is 23.5. The first-order valence-electron chi connectivity index (χ1n) is 11.3. The number of carbonyl (C=O) groups is 1. The van der Waals surface area contributed by atoms with Gasteiger partial charge in [-0.1, -0.05) is 11.6 Å². The van der Waals surface area contributed by atoms with E-state index in [0.29, 0.717) is 48.4 Å². The van der Waals surface area contributed by atoms with Gasteiger partial charge in [-0.3, -0.25) is 9.78 Å². The molecule has 2 aliphatic rings. The number of fused-ring (bicyclic) bond motifs is 1. The van der Waals surface area contributed by atoms with E-state index >= 15 is 0 Å². The van der Waals surface area contributed by atoms with Crippen LogP contribution < -0.4 is 20.1 Å². The number of aryl methyl sites for hydroxylation is 1. The van der Waals surface area contributed by atoms with E-state index in [9.17, 15) is 9.90 Å². The lowest BCUT2D eigenvalue weighted by Gasteiger charge is -2.36. The molecule has 0 radical (unpaired) electrons. The molecular weight excluding hydrogens is 446 g/mol. The smallest absolute Gasteiger partial charge is 0.255 e. The molecule has 1 aromatic heterocycles. The summed E-state index contributed by atoms with van der Waals surface area (Å²) >= 11 is 6.14. The number of β-amino-alcohol motifs (C(OH)–C–C–N with tert-alkyl or cyclic N) is 1. The molecule has 0 saturated carbocycles. The molecule has 0 spiro atoms. The molecule has 2 aromatic rings. The zero-order chi connectivity index (χ0) is 23.2. The number of aliphatic hydroxyl groups excluding tert-OH is 1. The Morgan fingerprint density at radius 1 is 1.27 bits per heavy atom. The van der Waals surface area contributed by atoms with Crippen molar-refractivity contribution in [2.75, 3.05) is 51.3 Å². The number of benzene rings is 1. The molecule has 1 fully saturated rings. The van der Waals surface area contributed by atoms with Gasteiger partial charge >= 0.3 is 0 Å². The van der Waals surface area contributed by atoms with Gasteiger partial charge in [-0.05, 0) is 38.9 Å². The normalized spacial score (nSPS) is 20.3. The van der Waals surface area contributed by atoms with Crippen molar-refractivity contribution in [2.24, 2.45) is 5.92 Å². The standard InChI is InChI=1S/C23H30ClN5O4/c1-15-22(27-6-5-25-15)26-4-2-7-29-8-3-16(19(30)14-29)13-28-23(31)18-11-17(24)12-20-21(18)33-10-9-32-20/h5-6,11-12,16,19,30H,2-4,7-10,13-14H2,1H3,(H,26,27)(H,28,31)/t16-,19+/m1/s1. The number of rotatable bonds is 8. The van der Waals surface area contributed by atoms with Crippen LogP contribution in [0.2, 0.25) is 5.02 Å². The van der Waals surface area contributed by atoms with Crippen molar-refractivity contribution in [3.8, 4) is 11.5 Å². The summed E-state index contributed by atoms with van der Waals surface area (Å²) in [6, 6.07) is 3.23. The minimum absolute atomic E-state index is 0.00209. The lowest BCUT2D eigenvalue weighted by atomic mass is 9.93. The van der Waals surface area contributed by atoms with E-state index in [-0.39, 0.29) is 11.8 Å². The second-order valence-corrected chi connectivity index (χ2v) is 8.81. The molecule has 10 heteroatoms. The number of likely N-dealkylation sites (tertiary alicyclic amines) is 1. The molecular formula is C23H30ClN5O4. The quantitative estimate of drug-likeness (QED) is 0.498. The van der Waals surface area contributed by atoms with Crippen molar-refractivity contribution in [3.63, 3.8) is 0 Å². The lowest BCUT2D eigenvalue weighted by molar-refractivity contribution is 0.0221. The first-order valence-corrected chi connectivity index (χ1v) is 11.7. The number of amides is 1. The predicted octanol–water partition coefficient (Wildman–Crippen LogP) is 2.12. The van der Waals surface area contributed by atoms with Crippen LogP contribution >= 0.6 is 11.6 Å². The third-order valence-corrected chi connectivity index (χ3v) is 6.22. The van der Waals surface area contributed by atoms with E-state index in [1.807, 2.05) is 6.92 Å². The van der Waals surface area contributed by atoms with Crippen molar-refractivity contribution >= 4 is 23.3 Å². The number of nitrogens with one attached hydrogen (secondary N) is 2. The summed E-state index contributed by atoms with van der Waals surface area (Å²) in [5.41, 5.74) is 1.24. The van der Waals surface area contributed by atoms with E-state index in [2.05, 4.69) is 25.5 Å². The first-order chi connectivity index (χ1) is 16.0. The zero-order valence-electron chi connectivity index (χ0n) is 18.7. The number of aromatic nitrogens is 2. The van der Waals surface area contributed by atoms with Crippen molar-refractivity contribution < 1.29 is 19.4 Å². The third kappa shape index (κ3) is 6.04. The van der Waals surface area contributed by atoms with Gasteiger partial charge in [0.05, 0.1) is 17.4 Å². The number of carbonyl (C=O) groups excluding carboxylic acids is 1. The number of nitrogens with zero attached hydrogens (tertiary/aromatic N) is 3. The summed E-state index contributed by atoms with van der Waals surface area (Å²) in [6.07, 6.45) is 4.61. The second kappa shape index (κ2) is 11.0. The van der Waals surface area contributed by atoms with E-state index in [1.165, 1.54) is 0 Å². The molecule has 1 saturated heterocycles. The number of hydrogen-bond acceptors (Lipinski definition) is 8. The van der Waals surface area contributed by atoms with E-state index in [0.717, 1.165) is 44.0 Å². The van der Waals surface area contributed by atoms with Crippen LogP contribution in [0.1, 0.15) is 28.9 Å². The molecule has 0 aliphatic carbocycles. The lowest BCUT2D eigenvalue weighted by Crippen LogP contribution is -2.48. The van der Waals surface area contributed by atoms with Gasteiger partial charge < -0.3 is 30.1 Å². The number of anilines is 1. The molecule has 2 aliphatic heterocycles. The van der Waals surface area contributed by atoms with Gasteiger partial charge in [-0.15, -0.1) is 0 Å². The minimum Gasteiger partial charge on any atom is -0.486 e. The fourth-order valence-electron chi connectivity index (χ4n) is 4.19. The molecule has 33 heavy (non-hydrogen) atoms. The van der Waals surface area contributed by atoms with Crippen LogP contribution in [-0.2, 0) is 0 Å². The van der Waals surface area contributed by atoms with Crippen molar-refractivity contribution in [1.82, 2.24) is 20.2 Å². The van der Waals surface area contributed by atoms with Crippen LogP contribution in [0.25, 0.3) is 0 Å². The third-order valence-electron chi connectivity index (χ3n) is 6.01. The zero-order valence-corrected chi connectivity index (χ0v) is 19.5. The maximum atomic E-state index is 12.8. The monoisotopic (exact) mass is 475 g/mol. The van der Waals surface area contributed by atoms with Gasteiger partial charge in [0.1, 0.15) is 19.0 Å². The van der Waals surface area contributed by atoms with Gasteiger partial charge in [0.2, 0.25) is 0 Å². The van der Waals surface area contributed by atoms with Crippen LogP contribution in [0.3, 0.4) is 0 Å². The molecule has 3 heterocycles. The Hall–Kier alpha value is -2.62. The molecule has 0 bridgehead atoms. The number of piperidine rings is 1. The average Bonchev–Trinajstić information content (AvgIpc) is 2.81. The van der Waals surface area contributed by atoms with Crippen molar-refractivity contribution in [3.05, 3.63) is 40.8 Å². The highest BCUT2D eigenvalue weighted by Gasteiger charge is 2.29. The van der Waals surface area contributed by atoms with Crippen molar-refractivity contribution in [2.45, 2.75) is 25.9 Å². The van der Waals surface area contributed by atoms with E-state index in [4.69, 9.17) is 21.1 Å². The number of ether oxygens (including phenoxy) is 2. The predicted molar refractivity (Wildman–Crippen MR) is 125 cm³/mol. The Kier molecular flexibility index (Phi) is 7.85. The Morgan fingerprint density at radius 2 is 2.09 bits per heavy atom. The molecule has 1 amide bonds. The van der Waals surface area contributed by atoms with E-state index < -0.39 is 6.10 Å². The summed E-state index contributed by atoms with van der Waals surface area (Å²) in [5, 5.41) is 17.3. The van der Waals surface area contributed by atoms with Crippen LogP contribution in [0.15, 0.2) is 24.5 Å². The highest BCUT2D eigenvalue weighted by molar-refractivity contribution is 6.31. The van der Waals surface area contributed by atoms with Gasteiger partial charge in [-0.2, -0.15) is 0 Å². The summed E-state index contributed by atoms with van der Waals surface area (Å²) in [7, 11) is 0. The fourth-order valence-corrected chi connectivity index (χ4v) is 4.39. The van der Waals surface area contributed by atoms with E-state index in [1.54, 1.807) is 24.5 Å². The summed E-state index contributed by atoms with van der Waals surface area (Å²) in [6.45, 7) is 6.28. The average molecular weight is 476 g/mol. The Balaban J connectivity index is 1.21. The molecule has 9 nitrogen and oxygen atoms in total. The number of aliphatic hydroxyl groups is 1. The number of hydrogen-bond donors (Lipinski definition) is 3. The second-order valence-electron chi connectivity index (χ2n) is 8.37. The molecule has 178 valence electrons. The summed E-state index contributed by atoms with van der Waals surface area (Å²) < 4.78 is 11.2. The molecule has 0 unspecified atom stereocenters. The molecule has 1 aromatic carbocycles. The highest BCUT2D eigenvalue weighted by Crippen LogP contribution is 2.36. The summed E-state index contributed by atoms with van der Waals surface area (Å²) in [5.74, 6) is 1.43. The Morgan fingerprint density at radius 3 is 2.91 bits per heavy atom. The maximum Gasteiger partial charge on any atom is 0.255 e. The van der Waals surface area contributed by atoms with Crippen LogP contribution in [0, 0.1) is 12.8 Å². The van der Waals surface area contributed by atoms with Crippen LogP contribution in [0.4, 0.5) is 5.82 Å². The Labute approximate surface area is 198 Å². The topological polar surface area (TPSA) is 109 Å². The molecule has 2 atom stereocenters. The SMILES string of the molecule is Cc1nccnc1NCCCN1CC[C@H](CNC(=O)c2cc(Cl)cc3c2OCCO3)[C@@H](O)C1. The van der Waals surface area contributed by atoms with Crippen LogP contribution in [0.5, 0.6) is 11.5 Å². The maximum absolute atomic E-state index is 12.8. The molecule has 3 N–H and O–H groups in total. The number of halogens is 1. The van der Waals surface area contributed by atoms with Crippen LogP contribution in [-0.4, -0.2) is 77.9 Å². The molecule has 4 rings (SSSR count). The fraction of sp³-hybridized carbons (Fsp3) is 0.522. The minimum atomic E-state index is -0.498. The Bertz CT molecular complexity index is 976. The van der Waals surface area contributed by atoms with Gasteiger partial charge in [0, 0.05) is 49.0 Å². The van der Waals surface area contributed by atoms with Gasteiger partial charge in [-0.25, -0.2) is 4.98 Å².